The minimum atomic E-state index is -0.862. The highest BCUT2D eigenvalue weighted by Gasteiger charge is 2.17. The van der Waals surface area contributed by atoms with Crippen molar-refractivity contribution in [3.63, 3.8) is 0 Å². The van der Waals surface area contributed by atoms with Gasteiger partial charge in [-0.2, -0.15) is 0 Å². The molecule has 1 saturated carbocycles. The lowest BCUT2D eigenvalue weighted by Gasteiger charge is -2.12. The number of ether oxygens (including phenoxy) is 1. The lowest BCUT2D eigenvalue weighted by molar-refractivity contribution is -0.137. The second kappa shape index (κ2) is 7.61. The van der Waals surface area contributed by atoms with Crippen LogP contribution in [-0.2, 0) is 4.79 Å². The summed E-state index contributed by atoms with van der Waals surface area (Å²) in [4.78, 5) is 26.3. The molecule has 6 heteroatoms. The van der Waals surface area contributed by atoms with Crippen LogP contribution in [-0.4, -0.2) is 34.6 Å². The third-order valence-corrected chi connectivity index (χ3v) is 3.44. The van der Waals surface area contributed by atoms with Crippen molar-refractivity contribution in [3.05, 3.63) is 23.9 Å². The Morgan fingerprint density at radius 3 is 2.71 bits per heavy atom. The maximum Gasteiger partial charge on any atom is 0.303 e. The van der Waals surface area contributed by atoms with E-state index < -0.39 is 5.97 Å². The molecule has 1 heterocycles. The predicted molar refractivity (Wildman–Crippen MR) is 76.3 cm³/mol. The SMILES string of the molecule is O=C(O)CCCNC(=O)c1ccc(OC2CCCC2)nc1. The highest BCUT2D eigenvalue weighted by Crippen LogP contribution is 2.22. The van der Waals surface area contributed by atoms with Gasteiger partial charge >= 0.3 is 5.97 Å². The molecule has 0 atom stereocenters. The second-order valence-electron chi connectivity index (χ2n) is 5.16. The summed E-state index contributed by atoms with van der Waals surface area (Å²) in [5.74, 6) is -0.566. The average molecular weight is 292 g/mol. The zero-order valence-electron chi connectivity index (χ0n) is 11.9. The van der Waals surface area contributed by atoms with Gasteiger partial charge in [0.05, 0.1) is 5.56 Å². The van der Waals surface area contributed by atoms with Crippen LogP contribution in [0.2, 0.25) is 0 Å². The number of hydrogen-bond donors (Lipinski definition) is 2. The van der Waals surface area contributed by atoms with Gasteiger partial charge in [-0.05, 0) is 38.2 Å². The molecule has 2 N–H and O–H groups in total. The van der Waals surface area contributed by atoms with Gasteiger partial charge in [0, 0.05) is 25.2 Å². The molecule has 1 fully saturated rings. The van der Waals surface area contributed by atoms with E-state index in [9.17, 15) is 9.59 Å². The number of carbonyl (C=O) groups is 2. The minimum absolute atomic E-state index is 0.0483. The number of hydrogen-bond acceptors (Lipinski definition) is 4. The van der Waals surface area contributed by atoms with E-state index in [1.54, 1.807) is 12.1 Å². The van der Waals surface area contributed by atoms with Crippen LogP contribution in [0.15, 0.2) is 18.3 Å². The van der Waals surface area contributed by atoms with Crippen LogP contribution in [0.3, 0.4) is 0 Å². The van der Waals surface area contributed by atoms with E-state index in [1.807, 2.05) is 0 Å². The van der Waals surface area contributed by atoms with Crippen molar-refractivity contribution in [1.82, 2.24) is 10.3 Å². The van der Waals surface area contributed by atoms with Crippen molar-refractivity contribution in [3.8, 4) is 5.88 Å². The Bertz CT molecular complexity index is 481. The maximum absolute atomic E-state index is 11.8. The van der Waals surface area contributed by atoms with E-state index >= 15 is 0 Å². The van der Waals surface area contributed by atoms with Gasteiger partial charge in [-0.1, -0.05) is 0 Å². The Labute approximate surface area is 123 Å². The molecule has 0 radical (unpaired) electrons. The molecule has 0 unspecified atom stereocenters. The van der Waals surface area contributed by atoms with E-state index in [4.69, 9.17) is 9.84 Å². The summed E-state index contributed by atoms with van der Waals surface area (Å²) in [5.41, 5.74) is 0.448. The fraction of sp³-hybridized carbons (Fsp3) is 0.533. The third kappa shape index (κ3) is 5.06. The first-order chi connectivity index (χ1) is 10.1. The summed E-state index contributed by atoms with van der Waals surface area (Å²) in [7, 11) is 0. The third-order valence-electron chi connectivity index (χ3n) is 3.44. The standard InChI is InChI=1S/C15H20N2O4/c18-14(19)6-3-9-16-15(20)11-7-8-13(17-10-11)21-12-4-1-2-5-12/h7-8,10,12H,1-6,9H2,(H,16,20)(H,18,19). The second-order valence-corrected chi connectivity index (χ2v) is 5.16. The van der Waals surface area contributed by atoms with Crippen LogP contribution in [0.4, 0.5) is 0 Å². The van der Waals surface area contributed by atoms with Crippen molar-refractivity contribution >= 4 is 11.9 Å². The molecule has 0 spiro atoms. The van der Waals surface area contributed by atoms with Crippen LogP contribution in [0.1, 0.15) is 48.9 Å². The number of carboxylic acids is 1. The number of carboxylic acid groups (broad SMARTS) is 1. The molecule has 1 aromatic rings. The first-order valence-electron chi connectivity index (χ1n) is 7.28. The molecular formula is C15H20N2O4. The van der Waals surface area contributed by atoms with Crippen molar-refractivity contribution < 1.29 is 19.4 Å². The molecular weight excluding hydrogens is 272 g/mol. The normalized spacial score (nSPS) is 14.9. The summed E-state index contributed by atoms with van der Waals surface area (Å²) in [6, 6.07) is 3.37. The van der Waals surface area contributed by atoms with E-state index in [1.165, 1.54) is 19.0 Å². The molecule has 1 aliphatic rings. The number of nitrogens with zero attached hydrogens (tertiary/aromatic N) is 1. The molecule has 1 amide bonds. The van der Waals surface area contributed by atoms with Crippen LogP contribution in [0.25, 0.3) is 0 Å². The highest BCUT2D eigenvalue weighted by molar-refractivity contribution is 5.93. The molecule has 1 aromatic heterocycles. The average Bonchev–Trinajstić information content (AvgIpc) is 2.97. The zero-order chi connectivity index (χ0) is 15.1. The predicted octanol–water partition coefficient (Wildman–Crippen LogP) is 2.00. The van der Waals surface area contributed by atoms with Gasteiger partial charge in [0.25, 0.3) is 5.91 Å². The molecule has 1 aliphatic carbocycles. The van der Waals surface area contributed by atoms with Gasteiger partial charge in [-0.25, -0.2) is 4.98 Å². The molecule has 2 rings (SSSR count). The fourth-order valence-electron chi connectivity index (χ4n) is 2.30. The highest BCUT2D eigenvalue weighted by atomic mass is 16.5. The summed E-state index contributed by atoms with van der Waals surface area (Å²) in [6.07, 6.45) is 6.71. The largest absolute Gasteiger partial charge is 0.481 e. The van der Waals surface area contributed by atoms with Crippen molar-refractivity contribution in [1.29, 1.82) is 0 Å². The Balaban J connectivity index is 1.77. The lowest BCUT2D eigenvalue weighted by atomic mass is 10.2. The quantitative estimate of drug-likeness (QED) is 0.750. The molecule has 6 nitrogen and oxygen atoms in total. The Kier molecular flexibility index (Phi) is 5.54. The number of rotatable bonds is 7. The van der Waals surface area contributed by atoms with Gasteiger partial charge in [-0.15, -0.1) is 0 Å². The first-order valence-corrected chi connectivity index (χ1v) is 7.28. The minimum Gasteiger partial charge on any atom is -0.481 e. The van der Waals surface area contributed by atoms with E-state index in [-0.39, 0.29) is 18.4 Å². The van der Waals surface area contributed by atoms with Gasteiger partial charge in [0.1, 0.15) is 6.10 Å². The summed E-state index contributed by atoms with van der Waals surface area (Å²) >= 11 is 0. The topological polar surface area (TPSA) is 88.5 Å². The number of nitrogens with one attached hydrogen (secondary N) is 1. The number of amides is 1. The zero-order valence-corrected chi connectivity index (χ0v) is 11.9. The van der Waals surface area contributed by atoms with Gasteiger partial charge < -0.3 is 15.2 Å². The summed E-state index contributed by atoms with van der Waals surface area (Å²) in [6.45, 7) is 0.339. The van der Waals surface area contributed by atoms with Gasteiger partial charge in [0.15, 0.2) is 0 Å². The molecule has 0 saturated heterocycles. The van der Waals surface area contributed by atoms with E-state index in [0.717, 1.165) is 12.8 Å². The van der Waals surface area contributed by atoms with Crippen molar-refractivity contribution in [2.24, 2.45) is 0 Å². The van der Waals surface area contributed by atoms with E-state index in [2.05, 4.69) is 10.3 Å². The van der Waals surface area contributed by atoms with Crippen LogP contribution >= 0.6 is 0 Å². The molecule has 21 heavy (non-hydrogen) atoms. The molecule has 114 valence electrons. The summed E-state index contributed by atoms with van der Waals surface area (Å²) in [5, 5.41) is 11.2. The van der Waals surface area contributed by atoms with E-state index in [0.29, 0.717) is 24.4 Å². The summed E-state index contributed by atoms with van der Waals surface area (Å²) < 4.78 is 5.73. The van der Waals surface area contributed by atoms with Gasteiger partial charge in [-0.3, -0.25) is 9.59 Å². The van der Waals surface area contributed by atoms with Crippen molar-refractivity contribution in [2.45, 2.75) is 44.6 Å². The molecule has 0 aromatic carbocycles. The van der Waals surface area contributed by atoms with Crippen LogP contribution < -0.4 is 10.1 Å². The Morgan fingerprint density at radius 2 is 2.10 bits per heavy atom. The van der Waals surface area contributed by atoms with Gasteiger partial charge in [0.2, 0.25) is 5.88 Å². The molecule has 0 aliphatic heterocycles. The Morgan fingerprint density at radius 1 is 1.33 bits per heavy atom. The number of aliphatic carboxylic acids is 1. The fourth-order valence-corrected chi connectivity index (χ4v) is 2.30. The van der Waals surface area contributed by atoms with Crippen molar-refractivity contribution in [2.75, 3.05) is 6.54 Å². The number of carbonyl (C=O) groups excluding carboxylic acids is 1. The molecule has 0 bridgehead atoms. The van der Waals surface area contributed by atoms with Crippen LogP contribution in [0.5, 0.6) is 5.88 Å². The maximum atomic E-state index is 11.8. The first kappa shape index (κ1) is 15.3. The lowest BCUT2D eigenvalue weighted by Crippen LogP contribution is -2.25. The number of pyridine rings is 1. The number of aromatic nitrogens is 1. The Hall–Kier alpha value is -2.11. The van der Waals surface area contributed by atoms with Crippen LogP contribution in [0, 0.1) is 0 Å². The smallest absolute Gasteiger partial charge is 0.303 e. The monoisotopic (exact) mass is 292 g/mol.